The van der Waals surface area contributed by atoms with Crippen LogP contribution in [-0.4, -0.2) is 10.9 Å². The summed E-state index contributed by atoms with van der Waals surface area (Å²) < 4.78 is 1.61. The van der Waals surface area contributed by atoms with Crippen LogP contribution in [0.2, 0.25) is 0 Å². The second kappa shape index (κ2) is 6.20. The van der Waals surface area contributed by atoms with E-state index in [9.17, 15) is 4.79 Å². The molecule has 0 aliphatic heterocycles. The van der Waals surface area contributed by atoms with Crippen LogP contribution in [0.25, 0.3) is 0 Å². The third kappa shape index (κ3) is 3.56. The number of H-pyrrole nitrogens is 1. The fourth-order valence-corrected chi connectivity index (χ4v) is 4.07. The molecule has 1 aromatic heterocycles. The number of aromatic amines is 1. The van der Waals surface area contributed by atoms with Crippen molar-refractivity contribution in [2.45, 2.75) is 27.2 Å². The molecular formula is C14H15BrN2OS2. The van der Waals surface area contributed by atoms with Crippen LogP contribution < -0.4 is 5.32 Å². The summed E-state index contributed by atoms with van der Waals surface area (Å²) in [6.07, 6.45) is 0.337. The van der Waals surface area contributed by atoms with Gasteiger partial charge in [-0.1, -0.05) is 6.07 Å². The molecule has 6 heteroatoms. The molecule has 0 saturated carbocycles. The second-order valence-corrected chi connectivity index (χ2v) is 7.35. The Kier molecular flexibility index (Phi) is 4.78. The van der Waals surface area contributed by atoms with Gasteiger partial charge in [0.2, 0.25) is 5.91 Å². The number of aromatic nitrogens is 1. The first kappa shape index (κ1) is 15.4. The minimum absolute atomic E-state index is 0.0361. The van der Waals surface area contributed by atoms with Crippen LogP contribution in [-0.2, 0) is 11.2 Å². The van der Waals surface area contributed by atoms with Crippen molar-refractivity contribution in [2.24, 2.45) is 0 Å². The Labute approximate surface area is 135 Å². The lowest BCUT2D eigenvalue weighted by molar-refractivity contribution is -0.115. The van der Waals surface area contributed by atoms with Gasteiger partial charge in [-0.05, 0) is 66.1 Å². The van der Waals surface area contributed by atoms with Gasteiger partial charge in [-0.2, -0.15) is 0 Å². The molecule has 1 heterocycles. The Morgan fingerprint density at radius 1 is 1.40 bits per heavy atom. The number of benzene rings is 1. The Bertz CT molecular complexity index is 695. The van der Waals surface area contributed by atoms with Crippen LogP contribution in [0.4, 0.5) is 5.69 Å². The largest absolute Gasteiger partial charge is 0.341 e. The number of hydrogen-bond donors (Lipinski definition) is 2. The molecule has 106 valence electrons. The van der Waals surface area contributed by atoms with E-state index in [2.05, 4.69) is 26.2 Å². The number of aryl methyl sites for hydroxylation is 3. The molecule has 3 nitrogen and oxygen atoms in total. The zero-order valence-corrected chi connectivity index (χ0v) is 14.7. The van der Waals surface area contributed by atoms with E-state index >= 15 is 0 Å². The maximum atomic E-state index is 12.2. The highest BCUT2D eigenvalue weighted by molar-refractivity contribution is 9.10. The number of rotatable bonds is 3. The summed E-state index contributed by atoms with van der Waals surface area (Å²) in [6, 6.07) is 4.04. The molecule has 1 amide bonds. The summed E-state index contributed by atoms with van der Waals surface area (Å²) in [5.41, 5.74) is 4.00. The number of amides is 1. The molecule has 0 saturated heterocycles. The van der Waals surface area contributed by atoms with Gasteiger partial charge in [-0.15, -0.1) is 11.3 Å². The fraction of sp³-hybridized carbons (Fsp3) is 0.286. The molecule has 0 atom stereocenters. The lowest BCUT2D eigenvalue weighted by atomic mass is 10.1. The summed E-state index contributed by atoms with van der Waals surface area (Å²) in [6.45, 7) is 5.94. The minimum Gasteiger partial charge on any atom is -0.341 e. The van der Waals surface area contributed by atoms with Crippen LogP contribution >= 0.6 is 39.5 Å². The van der Waals surface area contributed by atoms with E-state index < -0.39 is 0 Å². The van der Waals surface area contributed by atoms with Crippen molar-refractivity contribution in [3.8, 4) is 0 Å². The molecule has 2 rings (SSSR count). The van der Waals surface area contributed by atoms with E-state index in [0.717, 1.165) is 31.9 Å². The molecule has 0 unspecified atom stereocenters. The summed E-state index contributed by atoms with van der Waals surface area (Å²) in [7, 11) is 0. The molecular weight excluding hydrogens is 356 g/mol. The first-order chi connectivity index (χ1) is 9.36. The normalized spacial score (nSPS) is 10.6. The molecule has 0 spiro atoms. The molecule has 2 aromatic rings. The maximum Gasteiger partial charge on any atom is 0.229 e. The van der Waals surface area contributed by atoms with Crippen molar-refractivity contribution in [3.05, 3.63) is 42.3 Å². The molecule has 0 aliphatic carbocycles. The lowest BCUT2D eigenvalue weighted by Gasteiger charge is -2.11. The lowest BCUT2D eigenvalue weighted by Crippen LogP contribution is -2.15. The molecule has 20 heavy (non-hydrogen) atoms. The predicted molar refractivity (Wildman–Crippen MR) is 90.2 cm³/mol. The smallest absolute Gasteiger partial charge is 0.229 e. The molecule has 0 fully saturated rings. The van der Waals surface area contributed by atoms with E-state index in [4.69, 9.17) is 12.2 Å². The summed E-state index contributed by atoms with van der Waals surface area (Å²) in [5.74, 6) is -0.0361. The SMILES string of the molecule is Cc1cc(C)c(NC(=O)Cc2sc(=S)[nH]c2C)c(Br)c1. The van der Waals surface area contributed by atoms with Gasteiger partial charge in [0.15, 0.2) is 3.95 Å². The van der Waals surface area contributed by atoms with Crippen molar-refractivity contribution < 1.29 is 4.79 Å². The van der Waals surface area contributed by atoms with Crippen LogP contribution in [0.3, 0.4) is 0 Å². The molecule has 1 aromatic carbocycles. The zero-order chi connectivity index (χ0) is 14.9. The van der Waals surface area contributed by atoms with Gasteiger partial charge in [-0.25, -0.2) is 0 Å². The van der Waals surface area contributed by atoms with Crippen molar-refractivity contribution in [1.82, 2.24) is 4.98 Å². The van der Waals surface area contributed by atoms with E-state index in [-0.39, 0.29) is 5.91 Å². The topological polar surface area (TPSA) is 44.9 Å². The van der Waals surface area contributed by atoms with Gasteiger partial charge in [0.25, 0.3) is 0 Å². The third-order valence-corrected chi connectivity index (χ3v) is 4.90. The Hall–Kier alpha value is -0.980. The van der Waals surface area contributed by atoms with Crippen LogP contribution in [0.15, 0.2) is 16.6 Å². The van der Waals surface area contributed by atoms with Gasteiger partial charge in [0.05, 0.1) is 12.1 Å². The number of carbonyl (C=O) groups is 1. The number of anilines is 1. The predicted octanol–water partition coefficient (Wildman–Crippen LogP) is 4.67. The highest BCUT2D eigenvalue weighted by Gasteiger charge is 2.12. The first-order valence-electron chi connectivity index (χ1n) is 6.12. The fourth-order valence-electron chi connectivity index (χ4n) is 2.01. The third-order valence-electron chi connectivity index (χ3n) is 2.94. The van der Waals surface area contributed by atoms with Crippen molar-refractivity contribution in [1.29, 1.82) is 0 Å². The van der Waals surface area contributed by atoms with Crippen LogP contribution in [0.1, 0.15) is 21.7 Å². The first-order valence-corrected chi connectivity index (χ1v) is 8.14. The highest BCUT2D eigenvalue weighted by Crippen LogP contribution is 2.28. The van der Waals surface area contributed by atoms with Crippen molar-refractivity contribution >= 4 is 51.1 Å². The van der Waals surface area contributed by atoms with E-state index in [1.165, 1.54) is 11.3 Å². The summed E-state index contributed by atoms with van der Waals surface area (Å²) in [5, 5.41) is 2.96. The molecule has 0 aliphatic rings. The van der Waals surface area contributed by atoms with Crippen molar-refractivity contribution in [3.63, 3.8) is 0 Å². The van der Waals surface area contributed by atoms with Gasteiger partial charge in [0, 0.05) is 15.0 Å². The average molecular weight is 371 g/mol. The van der Waals surface area contributed by atoms with Gasteiger partial charge in [-0.3, -0.25) is 4.79 Å². The minimum atomic E-state index is -0.0361. The second-order valence-electron chi connectivity index (χ2n) is 4.73. The van der Waals surface area contributed by atoms with E-state index in [0.29, 0.717) is 10.4 Å². The standard InChI is InChI=1S/C14H15BrN2OS2/c1-7-4-8(2)13(10(15)5-7)17-12(18)6-11-9(3)16-14(19)20-11/h4-5H,6H2,1-3H3,(H,16,19)(H,17,18). The number of halogens is 1. The van der Waals surface area contributed by atoms with Crippen LogP contribution in [0, 0.1) is 24.7 Å². The quantitative estimate of drug-likeness (QED) is 0.770. The van der Waals surface area contributed by atoms with Gasteiger partial charge < -0.3 is 10.3 Å². The molecule has 2 N–H and O–H groups in total. The summed E-state index contributed by atoms with van der Waals surface area (Å²) >= 11 is 10.0. The summed E-state index contributed by atoms with van der Waals surface area (Å²) in [4.78, 5) is 16.2. The Morgan fingerprint density at radius 3 is 2.65 bits per heavy atom. The molecule has 0 bridgehead atoms. The number of thiazole rings is 1. The Balaban J connectivity index is 2.17. The Morgan fingerprint density at radius 2 is 2.10 bits per heavy atom. The zero-order valence-electron chi connectivity index (χ0n) is 11.5. The monoisotopic (exact) mass is 370 g/mol. The van der Waals surface area contributed by atoms with Gasteiger partial charge in [0.1, 0.15) is 0 Å². The van der Waals surface area contributed by atoms with E-state index in [1.54, 1.807) is 0 Å². The number of nitrogens with one attached hydrogen (secondary N) is 2. The molecule has 0 radical (unpaired) electrons. The average Bonchev–Trinajstić information content (AvgIpc) is 2.62. The number of carbonyl (C=O) groups excluding carboxylic acids is 1. The van der Waals surface area contributed by atoms with E-state index in [1.807, 2.05) is 32.9 Å². The van der Waals surface area contributed by atoms with Crippen molar-refractivity contribution in [2.75, 3.05) is 5.32 Å². The van der Waals surface area contributed by atoms with Crippen LogP contribution in [0.5, 0.6) is 0 Å². The maximum absolute atomic E-state index is 12.2. The highest BCUT2D eigenvalue weighted by atomic mass is 79.9. The number of hydrogen-bond acceptors (Lipinski definition) is 3. The van der Waals surface area contributed by atoms with Gasteiger partial charge >= 0.3 is 0 Å².